The summed E-state index contributed by atoms with van der Waals surface area (Å²) in [6.07, 6.45) is 1.40. The van der Waals surface area contributed by atoms with Crippen molar-refractivity contribution in [1.29, 1.82) is 0 Å². The molecule has 0 spiro atoms. The minimum absolute atomic E-state index is 0.314. The van der Waals surface area contributed by atoms with E-state index in [-0.39, 0.29) is 0 Å². The number of carboxylic acid groups (broad SMARTS) is 1. The van der Waals surface area contributed by atoms with Crippen LogP contribution in [0.4, 0.5) is 11.4 Å². The van der Waals surface area contributed by atoms with Crippen molar-refractivity contribution < 1.29 is 18.3 Å². The van der Waals surface area contributed by atoms with E-state index in [4.69, 9.17) is 16.7 Å². The van der Waals surface area contributed by atoms with Crippen LogP contribution in [-0.4, -0.2) is 31.8 Å². The quantitative estimate of drug-likeness (QED) is 0.747. The molecule has 0 aliphatic heterocycles. The molecule has 6 nitrogen and oxygen atoms in total. The SMILES string of the molecule is CCC(Nc1cc(NS(C)(=O)=O)ccc1Cl)C(=O)O. The predicted octanol–water partition coefficient (Wildman–Crippen LogP) is 1.99. The van der Waals surface area contributed by atoms with Crippen molar-refractivity contribution in [2.75, 3.05) is 16.3 Å². The van der Waals surface area contributed by atoms with Gasteiger partial charge in [0.05, 0.1) is 22.7 Å². The zero-order chi connectivity index (χ0) is 14.6. The zero-order valence-corrected chi connectivity index (χ0v) is 12.0. The maximum absolute atomic E-state index is 11.1. The van der Waals surface area contributed by atoms with Crippen molar-refractivity contribution >= 4 is 39.0 Å². The minimum atomic E-state index is -3.39. The molecular formula is C11H15ClN2O4S. The lowest BCUT2D eigenvalue weighted by atomic mass is 10.2. The van der Waals surface area contributed by atoms with Crippen LogP contribution < -0.4 is 10.0 Å². The third-order valence-corrected chi connectivity index (χ3v) is 3.24. The van der Waals surface area contributed by atoms with Crippen molar-refractivity contribution in [2.24, 2.45) is 0 Å². The number of hydrogen-bond acceptors (Lipinski definition) is 4. The second-order valence-corrected chi connectivity index (χ2v) is 6.17. The fourth-order valence-corrected chi connectivity index (χ4v) is 2.17. The van der Waals surface area contributed by atoms with E-state index in [9.17, 15) is 13.2 Å². The molecule has 106 valence electrons. The summed E-state index contributed by atoms with van der Waals surface area (Å²) in [5.41, 5.74) is 0.680. The van der Waals surface area contributed by atoms with Crippen molar-refractivity contribution in [2.45, 2.75) is 19.4 Å². The molecule has 0 saturated carbocycles. The number of nitrogens with one attached hydrogen (secondary N) is 2. The van der Waals surface area contributed by atoms with Gasteiger partial charge in [-0.2, -0.15) is 0 Å². The number of hydrogen-bond donors (Lipinski definition) is 3. The summed E-state index contributed by atoms with van der Waals surface area (Å²) < 4.78 is 24.5. The number of halogens is 1. The highest BCUT2D eigenvalue weighted by Crippen LogP contribution is 2.27. The van der Waals surface area contributed by atoms with Gasteiger partial charge in [-0.1, -0.05) is 18.5 Å². The monoisotopic (exact) mass is 306 g/mol. The molecular weight excluding hydrogens is 292 g/mol. The molecule has 0 aliphatic carbocycles. The summed E-state index contributed by atoms with van der Waals surface area (Å²) in [6.45, 7) is 1.72. The normalized spacial score (nSPS) is 12.8. The van der Waals surface area contributed by atoms with E-state index in [1.54, 1.807) is 6.92 Å². The smallest absolute Gasteiger partial charge is 0.326 e. The van der Waals surface area contributed by atoms with Gasteiger partial charge >= 0.3 is 5.97 Å². The van der Waals surface area contributed by atoms with Crippen LogP contribution in [0.2, 0.25) is 5.02 Å². The Labute approximate surface area is 116 Å². The largest absolute Gasteiger partial charge is 0.480 e. The molecule has 0 heterocycles. The van der Waals surface area contributed by atoms with Crippen LogP contribution in [0.25, 0.3) is 0 Å². The summed E-state index contributed by atoms with van der Waals surface area (Å²) in [5, 5.41) is 12.0. The van der Waals surface area contributed by atoms with E-state index in [1.165, 1.54) is 18.2 Å². The Morgan fingerprint density at radius 1 is 1.47 bits per heavy atom. The standard InChI is InChI=1S/C11H15ClN2O4S/c1-3-9(11(15)16)13-10-6-7(4-5-8(10)12)14-19(2,17)18/h4-6,9,13-14H,3H2,1-2H3,(H,15,16). The van der Waals surface area contributed by atoms with Gasteiger partial charge in [0.15, 0.2) is 0 Å². The van der Waals surface area contributed by atoms with Gasteiger partial charge in [-0.05, 0) is 24.6 Å². The maximum Gasteiger partial charge on any atom is 0.326 e. The highest BCUT2D eigenvalue weighted by molar-refractivity contribution is 7.92. The minimum Gasteiger partial charge on any atom is -0.480 e. The Morgan fingerprint density at radius 2 is 2.11 bits per heavy atom. The highest BCUT2D eigenvalue weighted by Gasteiger charge is 2.16. The van der Waals surface area contributed by atoms with Crippen LogP contribution in [0.15, 0.2) is 18.2 Å². The van der Waals surface area contributed by atoms with Crippen LogP contribution in [0.1, 0.15) is 13.3 Å². The summed E-state index contributed by atoms with van der Waals surface area (Å²) in [6, 6.07) is 3.66. The first-order valence-corrected chi connectivity index (χ1v) is 7.76. The van der Waals surface area contributed by atoms with Gasteiger partial charge in [0, 0.05) is 0 Å². The molecule has 0 fully saturated rings. The molecule has 1 rings (SSSR count). The average molecular weight is 307 g/mol. The molecule has 3 N–H and O–H groups in total. The Balaban J connectivity index is 3.00. The van der Waals surface area contributed by atoms with Crippen molar-refractivity contribution in [3.8, 4) is 0 Å². The first kappa shape index (κ1) is 15.6. The Hall–Kier alpha value is -1.47. The van der Waals surface area contributed by atoms with Crippen molar-refractivity contribution in [3.63, 3.8) is 0 Å². The average Bonchev–Trinajstić information content (AvgIpc) is 2.27. The Bertz CT molecular complexity index is 574. The molecule has 0 bridgehead atoms. The third-order valence-electron chi connectivity index (χ3n) is 2.31. The predicted molar refractivity (Wildman–Crippen MR) is 75.3 cm³/mol. The zero-order valence-electron chi connectivity index (χ0n) is 10.5. The number of sulfonamides is 1. The van der Waals surface area contributed by atoms with Gasteiger partial charge in [-0.3, -0.25) is 4.72 Å². The van der Waals surface area contributed by atoms with E-state index in [1.807, 2.05) is 0 Å². The van der Waals surface area contributed by atoms with Crippen LogP contribution >= 0.6 is 11.6 Å². The lowest BCUT2D eigenvalue weighted by Gasteiger charge is -2.16. The van der Waals surface area contributed by atoms with Gasteiger partial charge in [0.1, 0.15) is 6.04 Å². The van der Waals surface area contributed by atoms with Crippen LogP contribution in [0, 0.1) is 0 Å². The second kappa shape index (κ2) is 6.12. The van der Waals surface area contributed by atoms with E-state index in [0.717, 1.165) is 6.26 Å². The van der Waals surface area contributed by atoms with Gasteiger partial charge < -0.3 is 10.4 Å². The number of carbonyl (C=O) groups is 1. The first-order chi connectivity index (χ1) is 8.73. The van der Waals surface area contributed by atoms with Gasteiger partial charge in [-0.25, -0.2) is 13.2 Å². The lowest BCUT2D eigenvalue weighted by molar-refractivity contribution is -0.137. The summed E-state index contributed by atoms with van der Waals surface area (Å²) >= 11 is 5.94. The molecule has 19 heavy (non-hydrogen) atoms. The summed E-state index contributed by atoms with van der Waals surface area (Å²) in [7, 11) is -3.39. The van der Waals surface area contributed by atoms with Crippen LogP contribution in [-0.2, 0) is 14.8 Å². The first-order valence-electron chi connectivity index (χ1n) is 5.49. The molecule has 0 saturated heterocycles. The second-order valence-electron chi connectivity index (χ2n) is 4.01. The summed E-state index contributed by atoms with van der Waals surface area (Å²) in [4.78, 5) is 10.9. The molecule has 0 aromatic heterocycles. The topological polar surface area (TPSA) is 95.5 Å². The van der Waals surface area contributed by atoms with E-state index in [2.05, 4.69) is 10.0 Å². The molecule has 8 heteroatoms. The number of aliphatic carboxylic acids is 1. The van der Waals surface area contributed by atoms with Gasteiger partial charge in [-0.15, -0.1) is 0 Å². The molecule has 1 atom stereocenters. The maximum atomic E-state index is 11.1. The fraction of sp³-hybridized carbons (Fsp3) is 0.364. The van der Waals surface area contributed by atoms with Crippen molar-refractivity contribution in [1.82, 2.24) is 0 Å². The Morgan fingerprint density at radius 3 is 2.58 bits per heavy atom. The molecule has 1 unspecified atom stereocenters. The molecule has 0 aliphatic rings. The highest BCUT2D eigenvalue weighted by atomic mass is 35.5. The number of rotatable bonds is 6. The number of carboxylic acids is 1. The Kier molecular flexibility index (Phi) is 5.02. The third kappa shape index (κ3) is 4.96. The molecule has 0 radical (unpaired) electrons. The van der Waals surface area contributed by atoms with E-state index < -0.39 is 22.0 Å². The van der Waals surface area contributed by atoms with Gasteiger partial charge in [0.2, 0.25) is 10.0 Å². The molecule has 1 aromatic rings. The lowest BCUT2D eigenvalue weighted by Crippen LogP contribution is -2.28. The fourth-order valence-electron chi connectivity index (χ4n) is 1.44. The van der Waals surface area contributed by atoms with E-state index >= 15 is 0 Å². The summed E-state index contributed by atoms with van der Waals surface area (Å²) in [5.74, 6) is -1.000. The molecule has 0 amide bonds. The molecule has 1 aromatic carbocycles. The van der Waals surface area contributed by atoms with E-state index in [0.29, 0.717) is 22.8 Å². The van der Waals surface area contributed by atoms with Crippen LogP contribution in [0.5, 0.6) is 0 Å². The number of benzene rings is 1. The van der Waals surface area contributed by atoms with Crippen LogP contribution in [0.3, 0.4) is 0 Å². The van der Waals surface area contributed by atoms with Crippen molar-refractivity contribution in [3.05, 3.63) is 23.2 Å². The number of anilines is 2. The van der Waals surface area contributed by atoms with Gasteiger partial charge in [0.25, 0.3) is 0 Å².